The number of hydrogen-bond acceptors (Lipinski definition) is 2. The maximum Gasteiger partial charge on any atom is 0.114 e. The Morgan fingerprint density at radius 2 is 2.08 bits per heavy atom. The van der Waals surface area contributed by atoms with Gasteiger partial charge in [-0.2, -0.15) is 0 Å². The van der Waals surface area contributed by atoms with Gasteiger partial charge in [-0.3, -0.25) is 4.90 Å². The van der Waals surface area contributed by atoms with Gasteiger partial charge < -0.3 is 5.32 Å². The molecule has 2 aliphatic rings. The second-order valence-electron chi connectivity index (χ2n) is 3.19. The van der Waals surface area contributed by atoms with Crippen LogP contribution in [0, 0.1) is 0 Å². The lowest BCUT2D eigenvalue weighted by molar-refractivity contribution is 0.207. The van der Waals surface area contributed by atoms with E-state index in [-0.39, 0.29) is 24.8 Å². The largest absolute Gasteiger partial charge is 0.314 e. The van der Waals surface area contributed by atoms with Crippen molar-refractivity contribution in [2.45, 2.75) is 18.6 Å². The Balaban J connectivity index is 0.000000605. The molecule has 2 aliphatic heterocycles. The molecule has 0 unspecified atom stereocenters. The minimum absolute atomic E-state index is 0. The number of fused-ring (bicyclic) bond motifs is 1. The van der Waals surface area contributed by atoms with Gasteiger partial charge in [0.05, 0.1) is 0 Å². The van der Waals surface area contributed by atoms with Crippen molar-refractivity contribution < 1.29 is 4.39 Å². The Labute approximate surface area is 84.7 Å². The number of alkyl halides is 1. The number of rotatable bonds is 0. The van der Waals surface area contributed by atoms with Crippen LogP contribution in [0.25, 0.3) is 0 Å². The van der Waals surface area contributed by atoms with E-state index in [1.807, 2.05) is 0 Å². The van der Waals surface area contributed by atoms with Crippen molar-refractivity contribution in [3.05, 3.63) is 0 Å². The van der Waals surface area contributed by atoms with Crippen LogP contribution in [0.15, 0.2) is 0 Å². The van der Waals surface area contributed by atoms with Gasteiger partial charge in [0.2, 0.25) is 0 Å². The summed E-state index contributed by atoms with van der Waals surface area (Å²) in [5.41, 5.74) is 0. The van der Waals surface area contributed by atoms with Gasteiger partial charge in [0.25, 0.3) is 0 Å². The first-order valence-corrected chi connectivity index (χ1v) is 3.95. The molecule has 5 heteroatoms. The van der Waals surface area contributed by atoms with Crippen LogP contribution in [0.2, 0.25) is 0 Å². The lowest BCUT2D eigenvalue weighted by Crippen LogP contribution is -2.47. The van der Waals surface area contributed by atoms with E-state index in [9.17, 15) is 4.39 Å². The van der Waals surface area contributed by atoms with Crippen molar-refractivity contribution in [1.29, 1.82) is 0 Å². The predicted octanol–water partition coefficient (Wildman–Crippen LogP) is 0.846. The molecule has 1 N–H and O–H groups in total. The third-order valence-corrected chi connectivity index (χ3v) is 2.43. The fourth-order valence-corrected chi connectivity index (χ4v) is 1.90. The minimum Gasteiger partial charge on any atom is -0.314 e. The van der Waals surface area contributed by atoms with Crippen molar-refractivity contribution in [2.24, 2.45) is 0 Å². The normalized spacial score (nSPS) is 34.8. The molecule has 0 spiro atoms. The zero-order valence-corrected chi connectivity index (χ0v) is 8.46. The lowest BCUT2D eigenvalue weighted by Gasteiger charge is -2.29. The summed E-state index contributed by atoms with van der Waals surface area (Å²) in [4.78, 5) is 2.25. The van der Waals surface area contributed by atoms with Gasteiger partial charge in [-0.1, -0.05) is 0 Å². The fraction of sp³-hybridized carbons (Fsp3) is 1.00. The maximum absolute atomic E-state index is 12.8. The molecular formula is C7H15Cl2FN2. The summed E-state index contributed by atoms with van der Waals surface area (Å²) >= 11 is 0. The summed E-state index contributed by atoms with van der Waals surface area (Å²) in [6.07, 6.45) is 0.178. The fourth-order valence-electron chi connectivity index (χ4n) is 1.90. The molecule has 2 heterocycles. The molecule has 2 atom stereocenters. The van der Waals surface area contributed by atoms with Crippen molar-refractivity contribution >= 4 is 24.8 Å². The van der Waals surface area contributed by atoms with Crippen LogP contribution in [0.1, 0.15) is 6.42 Å². The quantitative estimate of drug-likeness (QED) is 0.647. The summed E-state index contributed by atoms with van der Waals surface area (Å²) in [6, 6.07) is 0.490. The van der Waals surface area contributed by atoms with E-state index in [1.54, 1.807) is 0 Å². The SMILES string of the molecule is Cl.Cl.F[C@H]1C[C@@H]2CNCCN2C1. The van der Waals surface area contributed by atoms with Gasteiger partial charge in [0, 0.05) is 32.2 Å². The topological polar surface area (TPSA) is 15.3 Å². The molecule has 0 bridgehead atoms. The van der Waals surface area contributed by atoms with Crippen LogP contribution < -0.4 is 5.32 Å². The molecule has 0 amide bonds. The second-order valence-corrected chi connectivity index (χ2v) is 3.19. The second kappa shape index (κ2) is 5.22. The molecule has 2 nitrogen and oxygen atoms in total. The van der Waals surface area contributed by atoms with E-state index >= 15 is 0 Å². The number of nitrogens with one attached hydrogen (secondary N) is 1. The van der Waals surface area contributed by atoms with Crippen LogP contribution in [-0.2, 0) is 0 Å². The first-order valence-electron chi connectivity index (χ1n) is 3.95. The highest BCUT2D eigenvalue weighted by Crippen LogP contribution is 2.20. The molecule has 2 fully saturated rings. The molecule has 0 aliphatic carbocycles. The van der Waals surface area contributed by atoms with E-state index in [1.165, 1.54) is 0 Å². The third-order valence-electron chi connectivity index (χ3n) is 2.43. The van der Waals surface area contributed by atoms with Crippen LogP contribution in [-0.4, -0.2) is 43.3 Å². The minimum atomic E-state index is -0.565. The molecule has 2 saturated heterocycles. The van der Waals surface area contributed by atoms with E-state index in [2.05, 4.69) is 10.2 Å². The molecule has 74 valence electrons. The van der Waals surface area contributed by atoms with Crippen molar-refractivity contribution in [3.8, 4) is 0 Å². The molecule has 2 rings (SSSR count). The molecule has 12 heavy (non-hydrogen) atoms. The first kappa shape index (κ1) is 12.4. The van der Waals surface area contributed by atoms with Gasteiger partial charge in [0.15, 0.2) is 0 Å². The first-order chi connectivity index (χ1) is 4.86. The number of hydrogen-bond donors (Lipinski definition) is 1. The summed E-state index contributed by atoms with van der Waals surface area (Å²) in [5, 5.41) is 3.27. The molecule has 0 aromatic carbocycles. The highest BCUT2D eigenvalue weighted by atomic mass is 35.5. The van der Waals surface area contributed by atoms with Crippen LogP contribution in [0.4, 0.5) is 4.39 Å². The summed E-state index contributed by atoms with van der Waals surface area (Å²) in [6.45, 7) is 3.72. The van der Waals surface area contributed by atoms with Gasteiger partial charge in [-0.05, 0) is 6.42 Å². The van der Waals surface area contributed by atoms with Crippen LogP contribution >= 0.6 is 24.8 Å². The van der Waals surface area contributed by atoms with E-state index in [4.69, 9.17) is 0 Å². The Morgan fingerprint density at radius 3 is 2.75 bits per heavy atom. The standard InChI is InChI=1S/C7H13FN2.2ClH/c8-6-3-7-4-9-1-2-10(7)5-6;;/h6-7,9H,1-5H2;2*1H/t6-,7+;;/m0../s1. The smallest absolute Gasteiger partial charge is 0.114 e. The van der Waals surface area contributed by atoms with E-state index in [0.29, 0.717) is 12.6 Å². The molecule has 0 radical (unpaired) electrons. The third kappa shape index (κ3) is 2.46. The highest BCUT2D eigenvalue weighted by Gasteiger charge is 2.32. The Morgan fingerprint density at radius 1 is 1.33 bits per heavy atom. The Bertz CT molecular complexity index is 123. The Kier molecular flexibility index (Phi) is 5.41. The predicted molar refractivity (Wildman–Crippen MR) is 52.2 cm³/mol. The summed E-state index contributed by atoms with van der Waals surface area (Å²) < 4.78 is 12.8. The van der Waals surface area contributed by atoms with Crippen molar-refractivity contribution in [3.63, 3.8) is 0 Å². The summed E-state index contributed by atoms with van der Waals surface area (Å²) in [5.74, 6) is 0. The zero-order chi connectivity index (χ0) is 6.97. The van der Waals surface area contributed by atoms with Gasteiger partial charge in [-0.25, -0.2) is 4.39 Å². The van der Waals surface area contributed by atoms with E-state index < -0.39 is 6.17 Å². The van der Waals surface area contributed by atoms with Gasteiger partial charge in [-0.15, -0.1) is 24.8 Å². The summed E-state index contributed by atoms with van der Waals surface area (Å²) in [7, 11) is 0. The number of halogens is 3. The molecule has 0 aromatic rings. The molecule has 0 saturated carbocycles. The zero-order valence-electron chi connectivity index (χ0n) is 6.83. The Hall–Kier alpha value is 0.430. The van der Waals surface area contributed by atoms with Gasteiger partial charge in [0.1, 0.15) is 6.17 Å². The van der Waals surface area contributed by atoms with Crippen molar-refractivity contribution in [1.82, 2.24) is 10.2 Å². The number of nitrogens with zero attached hydrogens (tertiary/aromatic N) is 1. The van der Waals surface area contributed by atoms with Crippen LogP contribution in [0.3, 0.4) is 0 Å². The molecule has 0 aromatic heterocycles. The van der Waals surface area contributed by atoms with Crippen LogP contribution in [0.5, 0.6) is 0 Å². The average Bonchev–Trinajstić information content (AvgIpc) is 2.27. The highest BCUT2D eigenvalue weighted by molar-refractivity contribution is 5.85. The lowest BCUT2D eigenvalue weighted by atomic mass is 10.2. The average molecular weight is 217 g/mol. The van der Waals surface area contributed by atoms with Gasteiger partial charge >= 0.3 is 0 Å². The number of piperazine rings is 1. The van der Waals surface area contributed by atoms with E-state index in [0.717, 1.165) is 26.1 Å². The molecular weight excluding hydrogens is 202 g/mol. The monoisotopic (exact) mass is 216 g/mol. The van der Waals surface area contributed by atoms with Crippen molar-refractivity contribution in [2.75, 3.05) is 26.2 Å². The maximum atomic E-state index is 12.8.